The van der Waals surface area contributed by atoms with Crippen LogP contribution in [0.3, 0.4) is 0 Å². The van der Waals surface area contributed by atoms with Crippen LogP contribution in [0, 0.1) is 0 Å². The molecule has 0 spiro atoms. The minimum absolute atomic E-state index is 0.178. The molecule has 1 aliphatic heterocycles. The van der Waals surface area contributed by atoms with Crippen LogP contribution in [-0.2, 0) is 21.5 Å². The van der Waals surface area contributed by atoms with Gasteiger partial charge in [-0.15, -0.1) is 11.3 Å². The molecule has 3 rings (SSSR count). The average molecular weight is 433 g/mol. The summed E-state index contributed by atoms with van der Waals surface area (Å²) in [7, 11) is 2.93. The van der Waals surface area contributed by atoms with Crippen molar-refractivity contribution in [3.8, 4) is 11.5 Å². The Labute approximate surface area is 180 Å². The predicted octanol–water partition coefficient (Wildman–Crippen LogP) is 3.72. The van der Waals surface area contributed by atoms with E-state index in [9.17, 15) is 9.59 Å². The maximum absolute atomic E-state index is 12.6. The van der Waals surface area contributed by atoms with E-state index >= 15 is 0 Å². The van der Waals surface area contributed by atoms with Crippen molar-refractivity contribution in [3.63, 3.8) is 0 Å². The molecule has 0 radical (unpaired) electrons. The molecule has 7 nitrogen and oxygen atoms in total. The van der Waals surface area contributed by atoms with Gasteiger partial charge in [0.25, 0.3) is 5.91 Å². The van der Waals surface area contributed by atoms with E-state index in [4.69, 9.17) is 14.2 Å². The van der Waals surface area contributed by atoms with E-state index in [0.29, 0.717) is 28.5 Å². The third-order valence-corrected chi connectivity index (χ3v) is 6.39. The SMILES string of the molecule is COC(=O)c1c(NC(=O)COc2ccc(OC)cc2)sc2c1CC(C)(C)NC2(C)C. The molecule has 1 aliphatic rings. The van der Waals surface area contributed by atoms with Crippen molar-refractivity contribution in [1.29, 1.82) is 0 Å². The molecule has 0 bridgehead atoms. The number of amides is 1. The lowest BCUT2D eigenvalue weighted by Crippen LogP contribution is -2.55. The largest absolute Gasteiger partial charge is 0.497 e. The highest BCUT2D eigenvalue weighted by Gasteiger charge is 2.42. The van der Waals surface area contributed by atoms with Crippen molar-refractivity contribution >= 4 is 28.2 Å². The van der Waals surface area contributed by atoms with Gasteiger partial charge < -0.3 is 24.8 Å². The van der Waals surface area contributed by atoms with Crippen molar-refractivity contribution in [2.45, 2.75) is 45.2 Å². The number of hydrogen-bond donors (Lipinski definition) is 2. The first-order valence-corrected chi connectivity index (χ1v) is 10.5. The molecule has 1 amide bonds. The van der Waals surface area contributed by atoms with Gasteiger partial charge in [-0.05, 0) is 63.9 Å². The molecule has 0 saturated carbocycles. The number of ether oxygens (including phenoxy) is 3. The summed E-state index contributed by atoms with van der Waals surface area (Å²) in [4.78, 5) is 26.2. The fourth-order valence-corrected chi connectivity index (χ4v) is 5.20. The van der Waals surface area contributed by atoms with Crippen molar-refractivity contribution in [2.24, 2.45) is 0 Å². The molecule has 2 aromatic rings. The quantitative estimate of drug-likeness (QED) is 0.677. The molecule has 162 valence electrons. The zero-order chi connectivity index (χ0) is 22.1. The zero-order valence-electron chi connectivity index (χ0n) is 18.2. The Morgan fingerprint density at radius 2 is 1.73 bits per heavy atom. The van der Waals surface area contributed by atoms with Gasteiger partial charge in [-0.2, -0.15) is 0 Å². The van der Waals surface area contributed by atoms with Gasteiger partial charge in [-0.1, -0.05) is 0 Å². The Morgan fingerprint density at radius 3 is 2.33 bits per heavy atom. The molecule has 30 heavy (non-hydrogen) atoms. The van der Waals surface area contributed by atoms with Crippen molar-refractivity contribution in [1.82, 2.24) is 5.32 Å². The molecule has 0 fully saturated rings. The Hall–Kier alpha value is -2.58. The maximum Gasteiger partial charge on any atom is 0.341 e. The lowest BCUT2D eigenvalue weighted by Gasteiger charge is -2.42. The van der Waals surface area contributed by atoms with Gasteiger partial charge in [0.1, 0.15) is 16.5 Å². The van der Waals surface area contributed by atoms with Crippen LogP contribution in [0.5, 0.6) is 11.5 Å². The van der Waals surface area contributed by atoms with E-state index < -0.39 is 5.97 Å². The van der Waals surface area contributed by atoms with E-state index in [1.54, 1.807) is 31.4 Å². The molecule has 1 aromatic carbocycles. The van der Waals surface area contributed by atoms with E-state index in [1.165, 1.54) is 18.4 Å². The van der Waals surface area contributed by atoms with Gasteiger partial charge >= 0.3 is 5.97 Å². The van der Waals surface area contributed by atoms with Crippen LogP contribution in [0.1, 0.15) is 48.5 Å². The standard InChI is InChI=1S/C22H28N2O5S/c1-21(2)11-15-17(20(26)28-6)19(30-18(15)22(3,4)24-21)23-16(25)12-29-14-9-7-13(27-5)8-10-14/h7-10,24H,11-12H2,1-6H3,(H,23,25). The lowest BCUT2D eigenvalue weighted by molar-refractivity contribution is -0.118. The van der Waals surface area contributed by atoms with Crippen molar-refractivity contribution < 1.29 is 23.8 Å². The molecule has 2 heterocycles. The van der Waals surface area contributed by atoms with Crippen LogP contribution < -0.4 is 20.1 Å². The molecule has 1 aromatic heterocycles. The second-order valence-electron chi connectivity index (χ2n) is 8.43. The highest BCUT2D eigenvalue weighted by Crippen LogP contribution is 2.45. The van der Waals surface area contributed by atoms with Gasteiger partial charge in [-0.25, -0.2) is 4.79 Å². The normalized spacial score (nSPS) is 16.3. The predicted molar refractivity (Wildman–Crippen MR) is 117 cm³/mol. The molecule has 0 atom stereocenters. The van der Waals surface area contributed by atoms with E-state index in [-0.39, 0.29) is 23.6 Å². The molecule has 0 aliphatic carbocycles. The summed E-state index contributed by atoms with van der Waals surface area (Å²) >= 11 is 1.40. The third kappa shape index (κ3) is 4.60. The molecular weight excluding hydrogens is 404 g/mol. The first-order chi connectivity index (χ1) is 14.1. The number of hydrogen-bond acceptors (Lipinski definition) is 7. The van der Waals surface area contributed by atoms with Crippen LogP contribution >= 0.6 is 11.3 Å². The first kappa shape index (κ1) is 22.1. The van der Waals surface area contributed by atoms with E-state index in [0.717, 1.165) is 10.4 Å². The fraction of sp³-hybridized carbons (Fsp3) is 0.455. The number of nitrogens with one attached hydrogen (secondary N) is 2. The van der Waals surface area contributed by atoms with Gasteiger partial charge in [0.2, 0.25) is 0 Å². The second kappa shape index (κ2) is 8.28. The number of anilines is 1. The topological polar surface area (TPSA) is 85.9 Å². The minimum Gasteiger partial charge on any atom is -0.497 e. The molecular formula is C22H28N2O5S. The van der Waals surface area contributed by atoms with Gasteiger partial charge in [-0.3, -0.25) is 4.79 Å². The first-order valence-electron chi connectivity index (χ1n) is 9.67. The number of fused-ring (bicyclic) bond motifs is 1. The number of rotatable bonds is 6. The smallest absolute Gasteiger partial charge is 0.341 e. The lowest BCUT2D eigenvalue weighted by atomic mass is 9.81. The zero-order valence-corrected chi connectivity index (χ0v) is 19.0. The van der Waals surface area contributed by atoms with Crippen LogP contribution in [0.4, 0.5) is 5.00 Å². The van der Waals surface area contributed by atoms with Crippen LogP contribution in [0.15, 0.2) is 24.3 Å². The number of methoxy groups -OCH3 is 2. The number of esters is 1. The number of benzene rings is 1. The average Bonchev–Trinajstić information content (AvgIpc) is 3.03. The van der Waals surface area contributed by atoms with Gasteiger partial charge in [0.05, 0.1) is 19.8 Å². The second-order valence-corrected chi connectivity index (χ2v) is 9.45. The van der Waals surface area contributed by atoms with Crippen molar-refractivity contribution in [3.05, 3.63) is 40.3 Å². The Bertz CT molecular complexity index is 947. The Kier molecular flexibility index (Phi) is 6.10. The molecule has 2 N–H and O–H groups in total. The van der Waals surface area contributed by atoms with Crippen LogP contribution in [-0.4, -0.2) is 38.2 Å². The Morgan fingerprint density at radius 1 is 1.10 bits per heavy atom. The van der Waals surface area contributed by atoms with Crippen LogP contribution in [0.25, 0.3) is 0 Å². The van der Waals surface area contributed by atoms with Gasteiger partial charge in [0.15, 0.2) is 6.61 Å². The monoisotopic (exact) mass is 432 g/mol. The summed E-state index contributed by atoms with van der Waals surface area (Å²) in [5, 5.41) is 6.94. The van der Waals surface area contributed by atoms with Crippen LogP contribution in [0.2, 0.25) is 0 Å². The van der Waals surface area contributed by atoms with E-state index in [1.807, 2.05) is 0 Å². The highest BCUT2D eigenvalue weighted by molar-refractivity contribution is 7.17. The summed E-state index contributed by atoms with van der Waals surface area (Å²) in [6.45, 7) is 8.16. The fourth-order valence-electron chi connectivity index (χ4n) is 3.92. The van der Waals surface area contributed by atoms with Gasteiger partial charge in [0, 0.05) is 16.0 Å². The highest BCUT2D eigenvalue weighted by atomic mass is 32.1. The Balaban J connectivity index is 1.82. The molecule has 8 heteroatoms. The third-order valence-electron chi connectivity index (χ3n) is 4.92. The summed E-state index contributed by atoms with van der Waals surface area (Å²) in [6, 6.07) is 6.97. The molecule has 0 saturated heterocycles. The summed E-state index contributed by atoms with van der Waals surface area (Å²) < 4.78 is 15.7. The summed E-state index contributed by atoms with van der Waals surface area (Å²) in [5.74, 6) is 0.460. The molecule has 0 unspecified atom stereocenters. The summed E-state index contributed by atoms with van der Waals surface area (Å²) in [5.41, 5.74) is 0.816. The van der Waals surface area contributed by atoms with E-state index in [2.05, 4.69) is 38.3 Å². The number of carbonyl (C=O) groups excluding carboxylic acids is 2. The number of thiophene rings is 1. The number of carbonyl (C=O) groups is 2. The minimum atomic E-state index is -0.452. The summed E-state index contributed by atoms with van der Waals surface area (Å²) in [6.07, 6.45) is 0.658. The van der Waals surface area contributed by atoms with Crippen molar-refractivity contribution in [2.75, 3.05) is 26.1 Å². The maximum atomic E-state index is 12.6.